The van der Waals surface area contributed by atoms with Crippen LogP contribution in [0.15, 0.2) is 24.3 Å². The van der Waals surface area contributed by atoms with Crippen LogP contribution in [0.2, 0.25) is 5.02 Å². The quantitative estimate of drug-likeness (QED) is 0.646. The van der Waals surface area contributed by atoms with Crippen LogP contribution in [-0.4, -0.2) is 44.4 Å². The SMILES string of the molecule is CS(=O)(=O)CCC(NC(=O)c1ccccc1Cl)C(=O)NOC1CCCC1. The zero-order valence-corrected chi connectivity index (χ0v) is 16.1. The van der Waals surface area contributed by atoms with Gasteiger partial charge in [0.05, 0.1) is 22.4 Å². The molecule has 0 spiro atoms. The minimum Gasteiger partial charge on any atom is -0.340 e. The third-order valence-electron chi connectivity index (χ3n) is 4.15. The minimum atomic E-state index is -3.29. The maximum atomic E-state index is 12.4. The summed E-state index contributed by atoms with van der Waals surface area (Å²) in [4.78, 5) is 30.2. The number of carbonyl (C=O) groups is 2. The van der Waals surface area contributed by atoms with E-state index in [2.05, 4.69) is 10.8 Å². The molecule has 0 aromatic heterocycles. The molecule has 1 unspecified atom stereocenters. The van der Waals surface area contributed by atoms with Crippen molar-refractivity contribution in [2.24, 2.45) is 0 Å². The normalized spacial score (nSPS) is 16.2. The summed E-state index contributed by atoms with van der Waals surface area (Å²) in [5.41, 5.74) is 2.56. The molecule has 2 rings (SSSR count). The van der Waals surface area contributed by atoms with Gasteiger partial charge in [-0.3, -0.25) is 14.4 Å². The Balaban J connectivity index is 2.02. The number of benzene rings is 1. The molecule has 2 amide bonds. The van der Waals surface area contributed by atoms with E-state index >= 15 is 0 Å². The molecule has 0 bridgehead atoms. The van der Waals surface area contributed by atoms with Crippen LogP contribution in [0.3, 0.4) is 0 Å². The number of halogens is 1. The van der Waals surface area contributed by atoms with Crippen LogP contribution in [0.25, 0.3) is 0 Å². The fraction of sp³-hybridized carbons (Fsp3) is 0.529. The summed E-state index contributed by atoms with van der Waals surface area (Å²) >= 11 is 6.00. The lowest BCUT2D eigenvalue weighted by atomic mass is 10.1. The summed E-state index contributed by atoms with van der Waals surface area (Å²) in [6.07, 6.45) is 4.78. The number of amides is 2. The molecule has 1 aromatic carbocycles. The van der Waals surface area contributed by atoms with Crippen molar-refractivity contribution in [3.8, 4) is 0 Å². The third kappa shape index (κ3) is 6.59. The van der Waals surface area contributed by atoms with Gasteiger partial charge < -0.3 is 5.32 Å². The largest absolute Gasteiger partial charge is 0.340 e. The monoisotopic (exact) mass is 402 g/mol. The second-order valence-corrected chi connectivity index (χ2v) is 9.08. The highest BCUT2D eigenvalue weighted by molar-refractivity contribution is 7.90. The number of rotatable bonds is 8. The number of nitrogens with one attached hydrogen (secondary N) is 2. The third-order valence-corrected chi connectivity index (χ3v) is 5.45. The van der Waals surface area contributed by atoms with Gasteiger partial charge in [-0.1, -0.05) is 36.6 Å². The molecule has 1 saturated carbocycles. The fourth-order valence-corrected chi connectivity index (χ4v) is 3.59. The molecule has 0 radical (unpaired) electrons. The van der Waals surface area contributed by atoms with E-state index in [0.29, 0.717) is 0 Å². The van der Waals surface area contributed by atoms with Crippen LogP contribution in [0.4, 0.5) is 0 Å². The average Bonchev–Trinajstić information content (AvgIpc) is 3.09. The van der Waals surface area contributed by atoms with Crippen molar-refractivity contribution >= 4 is 33.3 Å². The first-order chi connectivity index (χ1) is 12.3. The van der Waals surface area contributed by atoms with E-state index in [0.717, 1.165) is 31.9 Å². The van der Waals surface area contributed by atoms with E-state index in [9.17, 15) is 18.0 Å². The second kappa shape index (κ2) is 9.34. The van der Waals surface area contributed by atoms with Gasteiger partial charge in [0, 0.05) is 6.26 Å². The molecule has 1 fully saturated rings. The molecule has 9 heteroatoms. The molecule has 0 aliphatic heterocycles. The van der Waals surface area contributed by atoms with Crippen molar-refractivity contribution < 1.29 is 22.8 Å². The molecular formula is C17H23ClN2O5S. The van der Waals surface area contributed by atoms with Gasteiger partial charge in [0.15, 0.2) is 0 Å². The molecule has 1 atom stereocenters. The van der Waals surface area contributed by atoms with Crippen molar-refractivity contribution in [3.05, 3.63) is 34.9 Å². The predicted octanol–water partition coefficient (Wildman–Crippen LogP) is 1.86. The first-order valence-corrected chi connectivity index (χ1v) is 10.9. The number of hydroxylamine groups is 1. The first kappa shape index (κ1) is 20.7. The Bertz CT molecular complexity index is 747. The maximum Gasteiger partial charge on any atom is 0.266 e. The van der Waals surface area contributed by atoms with Crippen molar-refractivity contribution in [3.63, 3.8) is 0 Å². The van der Waals surface area contributed by atoms with E-state index in [1.165, 1.54) is 6.07 Å². The smallest absolute Gasteiger partial charge is 0.266 e. The number of hydrogen-bond acceptors (Lipinski definition) is 5. The van der Waals surface area contributed by atoms with E-state index in [1.54, 1.807) is 18.2 Å². The van der Waals surface area contributed by atoms with Crippen LogP contribution < -0.4 is 10.8 Å². The number of hydrogen-bond donors (Lipinski definition) is 2. The van der Waals surface area contributed by atoms with Crippen LogP contribution in [0.1, 0.15) is 42.5 Å². The lowest BCUT2D eigenvalue weighted by Gasteiger charge is -2.19. The minimum absolute atomic E-state index is 0.0474. The molecule has 0 saturated heterocycles. The Morgan fingerprint density at radius 2 is 1.92 bits per heavy atom. The zero-order chi connectivity index (χ0) is 19.2. The lowest BCUT2D eigenvalue weighted by Crippen LogP contribution is -2.48. The van der Waals surface area contributed by atoms with Crippen LogP contribution in [0, 0.1) is 0 Å². The molecular weight excluding hydrogens is 380 g/mol. The van der Waals surface area contributed by atoms with E-state index < -0.39 is 27.7 Å². The summed E-state index contributed by atoms with van der Waals surface area (Å²) in [6, 6.07) is 5.37. The topological polar surface area (TPSA) is 102 Å². The number of carbonyl (C=O) groups excluding carboxylic acids is 2. The Morgan fingerprint density at radius 1 is 1.27 bits per heavy atom. The molecule has 1 aliphatic carbocycles. The molecule has 1 aliphatic rings. The lowest BCUT2D eigenvalue weighted by molar-refractivity contribution is -0.140. The van der Waals surface area contributed by atoms with Gasteiger partial charge in [-0.15, -0.1) is 0 Å². The first-order valence-electron chi connectivity index (χ1n) is 8.45. The highest BCUT2D eigenvalue weighted by atomic mass is 35.5. The maximum absolute atomic E-state index is 12.4. The summed E-state index contributed by atoms with van der Waals surface area (Å²) in [5.74, 6) is -1.37. The van der Waals surface area contributed by atoms with Gasteiger partial charge in [-0.2, -0.15) is 0 Å². The van der Waals surface area contributed by atoms with Gasteiger partial charge in [0.25, 0.3) is 11.8 Å². The molecule has 144 valence electrons. The second-order valence-electron chi connectivity index (χ2n) is 6.42. The van der Waals surface area contributed by atoms with Crippen molar-refractivity contribution in [2.45, 2.75) is 44.2 Å². The van der Waals surface area contributed by atoms with Gasteiger partial charge >= 0.3 is 0 Å². The van der Waals surface area contributed by atoms with E-state index in [1.807, 2.05) is 0 Å². The fourth-order valence-electron chi connectivity index (χ4n) is 2.70. The standard InChI is InChI=1S/C17H23ClN2O5S/c1-26(23,24)11-10-15(17(22)20-25-12-6-2-3-7-12)19-16(21)13-8-4-5-9-14(13)18/h4-5,8-9,12,15H,2-3,6-7,10-11H2,1H3,(H,19,21)(H,20,22). The Morgan fingerprint density at radius 3 is 2.54 bits per heavy atom. The summed E-state index contributed by atoms with van der Waals surface area (Å²) in [7, 11) is -3.29. The molecule has 2 N–H and O–H groups in total. The molecule has 0 heterocycles. The van der Waals surface area contributed by atoms with Crippen LogP contribution in [-0.2, 0) is 19.5 Å². The van der Waals surface area contributed by atoms with Crippen molar-refractivity contribution in [2.75, 3.05) is 12.0 Å². The van der Waals surface area contributed by atoms with E-state index in [-0.39, 0.29) is 28.9 Å². The highest BCUT2D eigenvalue weighted by Gasteiger charge is 2.25. The molecule has 7 nitrogen and oxygen atoms in total. The van der Waals surface area contributed by atoms with Gasteiger partial charge in [0.2, 0.25) is 0 Å². The van der Waals surface area contributed by atoms with Crippen LogP contribution >= 0.6 is 11.6 Å². The van der Waals surface area contributed by atoms with E-state index in [4.69, 9.17) is 16.4 Å². The Hall–Kier alpha value is -1.64. The highest BCUT2D eigenvalue weighted by Crippen LogP contribution is 2.20. The average molecular weight is 403 g/mol. The van der Waals surface area contributed by atoms with Gasteiger partial charge in [0.1, 0.15) is 15.9 Å². The molecule has 1 aromatic rings. The zero-order valence-electron chi connectivity index (χ0n) is 14.5. The number of sulfone groups is 1. The van der Waals surface area contributed by atoms with Gasteiger partial charge in [-0.05, 0) is 31.4 Å². The van der Waals surface area contributed by atoms with Crippen molar-refractivity contribution in [1.29, 1.82) is 0 Å². The molecule has 26 heavy (non-hydrogen) atoms. The van der Waals surface area contributed by atoms with Gasteiger partial charge in [-0.25, -0.2) is 13.9 Å². The summed E-state index contributed by atoms with van der Waals surface area (Å²) in [6.45, 7) is 0. The summed E-state index contributed by atoms with van der Waals surface area (Å²) in [5, 5.41) is 2.79. The van der Waals surface area contributed by atoms with Crippen LogP contribution in [0.5, 0.6) is 0 Å². The Labute approximate surface area is 158 Å². The van der Waals surface area contributed by atoms with Crippen molar-refractivity contribution in [1.82, 2.24) is 10.8 Å². The summed E-state index contributed by atoms with van der Waals surface area (Å²) < 4.78 is 22.9. The predicted molar refractivity (Wildman–Crippen MR) is 98.5 cm³/mol. The Kier molecular flexibility index (Phi) is 7.43.